The number of hydrogen-bond acceptors (Lipinski definition) is 4. The van der Waals surface area contributed by atoms with Gasteiger partial charge >= 0.3 is 11.8 Å². The van der Waals surface area contributed by atoms with E-state index in [1.165, 1.54) is 17.0 Å². The Bertz CT molecular complexity index is 1260. The first kappa shape index (κ1) is 22.8. The molecule has 2 heterocycles. The van der Waals surface area contributed by atoms with E-state index in [1.807, 2.05) is 31.2 Å². The molecule has 1 saturated carbocycles. The Kier molecular flexibility index (Phi) is 6.07. The molecule has 2 aliphatic rings. The summed E-state index contributed by atoms with van der Waals surface area (Å²) in [4.78, 5) is 41.2. The molecule has 8 nitrogen and oxygen atoms in total. The van der Waals surface area contributed by atoms with Crippen molar-refractivity contribution in [3.63, 3.8) is 0 Å². The van der Waals surface area contributed by atoms with Gasteiger partial charge in [-0.15, -0.1) is 0 Å². The first-order chi connectivity index (χ1) is 16.9. The zero-order chi connectivity index (χ0) is 24.5. The maximum atomic E-state index is 13.6. The molecule has 1 N–H and O–H groups in total. The van der Waals surface area contributed by atoms with Crippen LogP contribution in [-0.2, 0) is 9.59 Å². The molecule has 2 aromatic carbocycles. The van der Waals surface area contributed by atoms with Crippen molar-refractivity contribution in [2.75, 3.05) is 26.2 Å². The number of aromatic nitrogens is 2. The highest BCUT2D eigenvalue weighted by Gasteiger charge is 2.32. The number of nitrogens with zero attached hydrogens (tertiary/aromatic N) is 4. The van der Waals surface area contributed by atoms with Crippen LogP contribution in [0.25, 0.3) is 16.9 Å². The minimum atomic E-state index is -0.575. The van der Waals surface area contributed by atoms with Crippen LogP contribution in [0.2, 0.25) is 0 Å². The summed E-state index contributed by atoms with van der Waals surface area (Å²) in [5.74, 6) is -1.68. The molecular formula is C26H26FN5O3. The third-order valence-corrected chi connectivity index (χ3v) is 6.32. The maximum Gasteiger partial charge on any atom is 0.312 e. The number of aryl methyl sites for hydroxylation is 1. The van der Waals surface area contributed by atoms with Gasteiger partial charge in [-0.05, 0) is 44.0 Å². The summed E-state index contributed by atoms with van der Waals surface area (Å²) in [6, 6.07) is 13.8. The highest BCUT2D eigenvalue weighted by atomic mass is 19.1. The van der Waals surface area contributed by atoms with E-state index in [1.54, 1.807) is 27.9 Å². The smallest absolute Gasteiger partial charge is 0.312 e. The summed E-state index contributed by atoms with van der Waals surface area (Å²) in [7, 11) is 0. The molecule has 0 radical (unpaired) electrons. The number of nitrogens with one attached hydrogen (secondary N) is 1. The molecule has 1 aromatic heterocycles. The van der Waals surface area contributed by atoms with E-state index in [-0.39, 0.29) is 30.9 Å². The lowest BCUT2D eigenvalue weighted by atomic mass is 10.1. The van der Waals surface area contributed by atoms with Crippen molar-refractivity contribution >= 4 is 17.7 Å². The molecule has 5 rings (SSSR count). The molecule has 1 saturated heterocycles. The quantitative estimate of drug-likeness (QED) is 0.588. The fraction of sp³-hybridized carbons (Fsp3) is 0.308. The van der Waals surface area contributed by atoms with Crippen molar-refractivity contribution in [1.29, 1.82) is 0 Å². The predicted octanol–water partition coefficient (Wildman–Crippen LogP) is 2.55. The number of rotatable bonds is 4. The molecule has 3 amide bonds. The maximum absolute atomic E-state index is 13.6. The van der Waals surface area contributed by atoms with Crippen LogP contribution >= 0.6 is 0 Å². The van der Waals surface area contributed by atoms with Crippen LogP contribution in [0.4, 0.5) is 4.39 Å². The van der Waals surface area contributed by atoms with E-state index < -0.39 is 11.8 Å². The Morgan fingerprint density at radius 1 is 0.914 bits per heavy atom. The van der Waals surface area contributed by atoms with Gasteiger partial charge in [0.25, 0.3) is 5.91 Å². The molecule has 0 atom stereocenters. The Morgan fingerprint density at radius 3 is 2.17 bits per heavy atom. The van der Waals surface area contributed by atoms with Gasteiger partial charge in [0.1, 0.15) is 11.5 Å². The van der Waals surface area contributed by atoms with Crippen molar-refractivity contribution in [3.8, 4) is 16.9 Å². The number of piperazine rings is 1. The summed E-state index contributed by atoms with van der Waals surface area (Å²) < 4.78 is 15.0. The first-order valence-corrected chi connectivity index (χ1v) is 11.7. The van der Waals surface area contributed by atoms with Gasteiger partial charge in [0, 0.05) is 44.0 Å². The molecular weight excluding hydrogens is 449 g/mol. The molecule has 0 spiro atoms. The topological polar surface area (TPSA) is 87.5 Å². The van der Waals surface area contributed by atoms with Gasteiger partial charge in [-0.25, -0.2) is 9.07 Å². The van der Waals surface area contributed by atoms with E-state index in [2.05, 4.69) is 10.4 Å². The van der Waals surface area contributed by atoms with Crippen LogP contribution in [0.5, 0.6) is 0 Å². The molecule has 9 heteroatoms. The van der Waals surface area contributed by atoms with Crippen LogP contribution in [-0.4, -0.2) is 69.5 Å². The average Bonchev–Trinajstić information content (AvgIpc) is 3.58. The molecule has 2 fully saturated rings. The van der Waals surface area contributed by atoms with E-state index in [9.17, 15) is 18.8 Å². The predicted molar refractivity (Wildman–Crippen MR) is 127 cm³/mol. The first-order valence-electron chi connectivity index (χ1n) is 11.7. The van der Waals surface area contributed by atoms with Gasteiger partial charge in [0.2, 0.25) is 0 Å². The normalized spacial score (nSPS) is 15.7. The largest absolute Gasteiger partial charge is 0.345 e. The number of amides is 3. The Labute approximate surface area is 202 Å². The van der Waals surface area contributed by atoms with Gasteiger partial charge in [-0.1, -0.05) is 29.8 Å². The highest BCUT2D eigenvalue weighted by Crippen LogP contribution is 2.26. The van der Waals surface area contributed by atoms with Crippen molar-refractivity contribution in [2.45, 2.75) is 25.8 Å². The van der Waals surface area contributed by atoms with Gasteiger partial charge < -0.3 is 15.1 Å². The van der Waals surface area contributed by atoms with Gasteiger partial charge in [0.15, 0.2) is 0 Å². The lowest BCUT2D eigenvalue weighted by molar-refractivity contribution is -0.146. The Morgan fingerprint density at radius 2 is 1.54 bits per heavy atom. The fourth-order valence-corrected chi connectivity index (χ4v) is 4.08. The third kappa shape index (κ3) is 4.94. The van der Waals surface area contributed by atoms with Crippen molar-refractivity contribution in [2.24, 2.45) is 0 Å². The second-order valence-corrected chi connectivity index (χ2v) is 9.01. The number of carbonyl (C=O) groups excluding carboxylic acids is 3. The van der Waals surface area contributed by atoms with Gasteiger partial charge in [-0.2, -0.15) is 5.10 Å². The van der Waals surface area contributed by atoms with Gasteiger partial charge in [0.05, 0.1) is 11.3 Å². The van der Waals surface area contributed by atoms with Crippen molar-refractivity contribution in [1.82, 2.24) is 24.9 Å². The van der Waals surface area contributed by atoms with E-state index in [0.717, 1.165) is 24.0 Å². The number of benzene rings is 2. The Balaban J connectivity index is 1.36. The Hall–Kier alpha value is -4.01. The van der Waals surface area contributed by atoms with E-state index in [0.29, 0.717) is 30.0 Å². The van der Waals surface area contributed by atoms with E-state index in [4.69, 9.17) is 0 Å². The van der Waals surface area contributed by atoms with E-state index >= 15 is 0 Å². The van der Waals surface area contributed by atoms with Crippen molar-refractivity contribution < 1.29 is 18.8 Å². The van der Waals surface area contributed by atoms with Gasteiger partial charge in [-0.3, -0.25) is 14.4 Å². The molecule has 1 aliphatic heterocycles. The van der Waals surface area contributed by atoms with Crippen LogP contribution in [0.15, 0.2) is 54.7 Å². The summed E-state index contributed by atoms with van der Waals surface area (Å²) in [5, 5.41) is 7.37. The molecule has 35 heavy (non-hydrogen) atoms. The van der Waals surface area contributed by atoms with Crippen molar-refractivity contribution in [3.05, 3.63) is 71.7 Å². The summed E-state index contributed by atoms with van der Waals surface area (Å²) in [6.07, 6.45) is 3.48. The monoisotopic (exact) mass is 475 g/mol. The zero-order valence-corrected chi connectivity index (χ0v) is 19.4. The molecule has 3 aromatic rings. The standard InChI is InChI=1S/C26H26FN5O3/c1-17-2-4-18(5-3-17)23-22(16-32(29-23)21-10-6-19(27)7-11-21)25(34)30-12-14-31(15-13-30)26(35)24(33)28-20-8-9-20/h2-7,10-11,16,20H,8-9,12-15H2,1H3,(H,28,33). The van der Waals surface area contributed by atoms with Crippen LogP contribution in [0, 0.1) is 12.7 Å². The summed E-state index contributed by atoms with van der Waals surface area (Å²) in [5.41, 5.74) is 3.47. The summed E-state index contributed by atoms with van der Waals surface area (Å²) >= 11 is 0. The lowest BCUT2D eigenvalue weighted by Gasteiger charge is -2.34. The molecule has 0 bridgehead atoms. The van der Waals surface area contributed by atoms with Crippen LogP contribution in [0.3, 0.4) is 0 Å². The highest BCUT2D eigenvalue weighted by molar-refractivity contribution is 6.35. The van der Waals surface area contributed by atoms with Crippen LogP contribution in [0.1, 0.15) is 28.8 Å². The zero-order valence-electron chi connectivity index (χ0n) is 19.4. The minimum absolute atomic E-state index is 0.118. The summed E-state index contributed by atoms with van der Waals surface area (Å²) in [6.45, 7) is 3.19. The average molecular weight is 476 g/mol. The number of halogens is 1. The molecule has 180 valence electrons. The number of hydrogen-bond donors (Lipinski definition) is 1. The lowest BCUT2D eigenvalue weighted by Crippen LogP contribution is -2.54. The fourth-order valence-electron chi connectivity index (χ4n) is 4.08. The SMILES string of the molecule is Cc1ccc(-c2nn(-c3ccc(F)cc3)cc2C(=O)N2CCN(C(=O)C(=O)NC3CC3)CC2)cc1. The van der Waals surface area contributed by atoms with Crippen LogP contribution < -0.4 is 5.32 Å². The molecule has 0 unspecified atom stereocenters. The second-order valence-electron chi connectivity index (χ2n) is 9.01. The second kappa shape index (κ2) is 9.32. The minimum Gasteiger partial charge on any atom is -0.345 e. The number of carbonyl (C=O) groups is 3. The molecule has 1 aliphatic carbocycles. The third-order valence-electron chi connectivity index (χ3n) is 6.32.